The Hall–Kier alpha value is -3.20. The molecule has 9 heteroatoms. The summed E-state index contributed by atoms with van der Waals surface area (Å²) >= 11 is 0.977. The van der Waals surface area contributed by atoms with Gasteiger partial charge in [-0.2, -0.15) is 0 Å². The van der Waals surface area contributed by atoms with Gasteiger partial charge in [0.2, 0.25) is 5.91 Å². The van der Waals surface area contributed by atoms with Crippen LogP contribution in [-0.4, -0.2) is 42.0 Å². The molecule has 2 aromatic rings. The number of nitrogens with zero attached hydrogens (tertiary/aromatic N) is 2. The van der Waals surface area contributed by atoms with E-state index in [4.69, 9.17) is 4.74 Å². The first-order valence-corrected chi connectivity index (χ1v) is 9.30. The van der Waals surface area contributed by atoms with Crippen molar-refractivity contribution in [3.63, 3.8) is 0 Å². The summed E-state index contributed by atoms with van der Waals surface area (Å²) in [6.45, 7) is -0.432. The first-order valence-electron chi connectivity index (χ1n) is 8.31. The molecule has 0 atom stereocenters. The second-order valence-corrected chi connectivity index (χ2v) is 7.09. The number of Topliss-reactive ketones (excluding diaryl/α,β-unsaturated/α-hetero) is 1. The van der Waals surface area contributed by atoms with Crippen molar-refractivity contribution in [3.8, 4) is 0 Å². The van der Waals surface area contributed by atoms with Crippen LogP contribution in [0, 0.1) is 10.1 Å². The fraction of sp³-hybridized carbons (Fsp3) is 0.211. The van der Waals surface area contributed by atoms with Gasteiger partial charge in [0.15, 0.2) is 12.4 Å². The molecule has 28 heavy (non-hydrogen) atoms. The van der Waals surface area contributed by atoms with Crippen LogP contribution in [0.5, 0.6) is 0 Å². The Labute approximate surface area is 164 Å². The van der Waals surface area contributed by atoms with Crippen LogP contribution in [-0.2, 0) is 20.7 Å². The summed E-state index contributed by atoms with van der Waals surface area (Å²) in [5.41, 5.74) is 1.80. The minimum Gasteiger partial charge on any atom is -0.457 e. The Morgan fingerprint density at radius 3 is 2.75 bits per heavy atom. The Balaban J connectivity index is 1.54. The van der Waals surface area contributed by atoms with Gasteiger partial charge < -0.3 is 9.64 Å². The van der Waals surface area contributed by atoms with E-state index < -0.39 is 17.5 Å². The third kappa shape index (κ3) is 4.20. The molecule has 0 N–H and O–H groups in total. The van der Waals surface area contributed by atoms with Crippen molar-refractivity contribution in [2.75, 3.05) is 24.3 Å². The number of nitro groups is 1. The third-order valence-corrected chi connectivity index (χ3v) is 5.29. The van der Waals surface area contributed by atoms with E-state index in [0.717, 1.165) is 23.0 Å². The van der Waals surface area contributed by atoms with E-state index in [-0.39, 0.29) is 29.6 Å². The van der Waals surface area contributed by atoms with Crippen molar-refractivity contribution >= 4 is 40.8 Å². The lowest BCUT2D eigenvalue weighted by Crippen LogP contribution is -2.20. The highest BCUT2D eigenvalue weighted by molar-refractivity contribution is 8.00. The molecular formula is C19H16N2O6S. The van der Waals surface area contributed by atoms with Crippen LogP contribution in [0.15, 0.2) is 47.4 Å². The predicted molar refractivity (Wildman–Crippen MR) is 103 cm³/mol. The van der Waals surface area contributed by atoms with Crippen LogP contribution >= 0.6 is 11.8 Å². The molecule has 1 heterocycles. The molecule has 0 aliphatic carbocycles. The zero-order valence-corrected chi connectivity index (χ0v) is 15.7. The van der Waals surface area contributed by atoms with E-state index in [1.807, 2.05) is 0 Å². The zero-order valence-electron chi connectivity index (χ0n) is 14.9. The SMILES string of the molecule is CN1C(=O)Cc2cc(C(=O)COC(=O)CSc3ccccc3[N+](=O)[O-])ccc21. The average molecular weight is 400 g/mol. The third-order valence-electron chi connectivity index (χ3n) is 4.25. The Bertz CT molecular complexity index is 975. The summed E-state index contributed by atoms with van der Waals surface area (Å²) in [4.78, 5) is 48.2. The van der Waals surface area contributed by atoms with Crippen molar-refractivity contribution in [1.29, 1.82) is 0 Å². The summed E-state index contributed by atoms with van der Waals surface area (Å²) in [6.07, 6.45) is 0.235. The highest BCUT2D eigenvalue weighted by Gasteiger charge is 2.25. The molecule has 1 amide bonds. The van der Waals surface area contributed by atoms with E-state index >= 15 is 0 Å². The lowest BCUT2D eigenvalue weighted by Gasteiger charge is -2.10. The molecule has 1 aliphatic rings. The van der Waals surface area contributed by atoms with Crippen molar-refractivity contribution in [3.05, 3.63) is 63.7 Å². The number of anilines is 1. The monoisotopic (exact) mass is 400 g/mol. The number of carbonyl (C=O) groups is 3. The number of carbonyl (C=O) groups excluding carboxylic acids is 3. The highest BCUT2D eigenvalue weighted by atomic mass is 32.2. The van der Waals surface area contributed by atoms with Crippen LogP contribution in [0.4, 0.5) is 11.4 Å². The standard InChI is InChI=1S/C19H16N2O6S/c1-20-14-7-6-12(8-13(14)9-18(20)23)16(22)10-27-19(24)11-28-17-5-3-2-4-15(17)21(25)26/h2-8H,9-11H2,1H3. The molecule has 0 unspecified atom stereocenters. The molecular weight excluding hydrogens is 384 g/mol. The lowest BCUT2D eigenvalue weighted by molar-refractivity contribution is -0.387. The number of fused-ring (bicyclic) bond motifs is 1. The van der Waals surface area contributed by atoms with Crippen LogP contribution in [0.25, 0.3) is 0 Å². The molecule has 3 rings (SSSR count). The second kappa shape index (κ2) is 8.22. The van der Waals surface area contributed by atoms with Gasteiger partial charge in [-0.05, 0) is 29.8 Å². The van der Waals surface area contributed by atoms with Crippen molar-refractivity contribution in [2.24, 2.45) is 0 Å². The molecule has 0 radical (unpaired) electrons. The van der Waals surface area contributed by atoms with Gasteiger partial charge in [-0.3, -0.25) is 24.5 Å². The van der Waals surface area contributed by atoms with E-state index in [2.05, 4.69) is 0 Å². The molecule has 2 aromatic carbocycles. The summed E-state index contributed by atoms with van der Waals surface area (Å²) in [6, 6.07) is 11.0. The quantitative estimate of drug-likeness (QED) is 0.231. The number of benzene rings is 2. The van der Waals surface area contributed by atoms with Gasteiger partial charge in [0.05, 0.1) is 22.0 Å². The van der Waals surface area contributed by atoms with Crippen LogP contribution in [0.2, 0.25) is 0 Å². The number of amides is 1. The van der Waals surface area contributed by atoms with Gasteiger partial charge in [0.1, 0.15) is 0 Å². The molecule has 0 saturated carbocycles. The fourth-order valence-corrected chi connectivity index (χ4v) is 3.60. The van der Waals surface area contributed by atoms with E-state index in [0.29, 0.717) is 10.5 Å². The number of ether oxygens (including phenoxy) is 1. The van der Waals surface area contributed by atoms with Gasteiger partial charge in [0, 0.05) is 24.4 Å². The minimum atomic E-state index is -0.646. The maximum absolute atomic E-state index is 12.3. The first kappa shape index (κ1) is 19.6. The van der Waals surface area contributed by atoms with E-state index in [1.165, 1.54) is 11.0 Å². The van der Waals surface area contributed by atoms with Crippen molar-refractivity contribution in [1.82, 2.24) is 0 Å². The topological polar surface area (TPSA) is 107 Å². The van der Waals surface area contributed by atoms with Crippen LogP contribution in [0.1, 0.15) is 15.9 Å². The smallest absolute Gasteiger partial charge is 0.316 e. The summed E-state index contributed by atoms with van der Waals surface area (Å²) in [5, 5.41) is 11.0. The maximum atomic E-state index is 12.3. The lowest BCUT2D eigenvalue weighted by atomic mass is 10.1. The summed E-state index contributed by atoms with van der Waals surface area (Å²) < 4.78 is 4.99. The number of likely N-dealkylation sites (N-methyl/N-ethyl adjacent to an activating group) is 1. The van der Waals surface area contributed by atoms with Crippen molar-refractivity contribution in [2.45, 2.75) is 11.3 Å². The Kier molecular flexibility index (Phi) is 5.74. The number of ketones is 1. The fourth-order valence-electron chi connectivity index (χ4n) is 2.78. The Morgan fingerprint density at radius 1 is 1.25 bits per heavy atom. The molecule has 0 saturated heterocycles. The van der Waals surface area contributed by atoms with E-state index in [1.54, 1.807) is 43.4 Å². The number of hydrogen-bond donors (Lipinski definition) is 0. The second-order valence-electron chi connectivity index (χ2n) is 6.07. The van der Waals surface area contributed by atoms with E-state index in [9.17, 15) is 24.5 Å². The largest absolute Gasteiger partial charge is 0.457 e. The average Bonchev–Trinajstić information content (AvgIpc) is 2.97. The van der Waals surface area contributed by atoms with Crippen LogP contribution in [0.3, 0.4) is 0 Å². The zero-order chi connectivity index (χ0) is 20.3. The summed E-state index contributed by atoms with van der Waals surface area (Å²) in [5.74, 6) is -1.22. The molecule has 8 nitrogen and oxygen atoms in total. The normalized spacial score (nSPS) is 12.6. The van der Waals surface area contributed by atoms with Crippen molar-refractivity contribution < 1.29 is 24.0 Å². The number of hydrogen-bond acceptors (Lipinski definition) is 7. The number of thioether (sulfide) groups is 1. The van der Waals surface area contributed by atoms with Gasteiger partial charge in [-0.1, -0.05) is 12.1 Å². The molecule has 0 spiro atoms. The number of nitro benzene ring substituents is 1. The first-order chi connectivity index (χ1) is 13.4. The minimum absolute atomic E-state index is 0.0435. The molecule has 0 fully saturated rings. The van der Waals surface area contributed by atoms with Gasteiger partial charge in [0.25, 0.3) is 5.69 Å². The number of rotatable bonds is 7. The maximum Gasteiger partial charge on any atom is 0.316 e. The highest BCUT2D eigenvalue weighted by Crippen LogP contribution is 2.29. The molecule has 0 aromatic heterocycles. The molecule has 0 bridgehead atoms. The van der Waals surface area contributed by atoms with Crippen LogP contribution < -0.4 is 4.90 Å². The van der Waals surface area contributed by atoms with Gasteiger partial charge in [-0.25, -0.2) is 0 Å². The van der Waals surface area contributed by atoms with Gasteiger partial charge in [-0.15, -0.1) is 11.8 Å². The number of para-hydroxylation sites is 1. The van der Waals surface area contributed by atoms with Gasteiger partial charge >= 0.3 is 5.97 Å². The molecule has 144 valence electrons. The number of esters is 1. The summed E-state index contributed by atoms with van der Waals surface area (Å²) in [7, 11) is 1.67. The Morgan fingerprint density at radius 2 is 2.00 bits per heavy atom. The predicted octanol–water partition coefficient (Wildman–Crippen LogP) is 2.63. The molecule has 1 aliphatic heterocycles.